The summed E-state index contributed by atoms with van der Waals surface area (Å²) in [6, 6.07) is 6.49. The predicted molar refractivity (Wildman–Crippen MR) is 65.1 cm³/mol. The van der Waals surface area contributed by atoms with Gasteiger partial charge in [0.25, 0.3) is 5.56 Å². The molecule has 0 radical (unpaired) electrons. The molecule has 0 aliphatic rings. The minimum absolute atomic E-state index is 0.157. The first-order valence-electron chi connectivity index (χ1n) is 5.58. The van der Waals surface area contributed by atoms with Crippen molar-refractivity contribution in [2.24, 2.45) is 0 Å². The van der Waals surface area contributed by atoms with Crippen molar-refractivity contribution in [3.05, 3.63) is 52.4 Å². The van der Waals surface area contributed by atoms with Crippen LogP contribution in [0.3, 0.4) is 0 Å². The third-order valence-corrected chi connectivity index (χ3v) is 2.52. The van der Waals surface area contributed by atoms with E-state index in [1.807, 2.05) is 0 Å². The molecule has 20 heavy (non-hydrogen) atoms. The van der Waals surface area contributed by atoms with Crippen LogP contribution in [0.5, 0.6) is 5.75 Å². The van der Waals surface area contributed by atoms with Gasteiger partial charge >= 0.3 is 6.36 Å². The minimum Gasteiger partial charge on any atom is -0.406 e. The second kappa shape index (κ2) is 5.38. The van der Waals surface area contributed by atoms with Gasteiger partial charge in [0.2, 0.25) is 0 Å². The van der Waals surface area contributed by atoms with E-state index in [0.717, 1.165) is 12.1 Å². The molecule has 0 fully saturated rings. The van der Waals surface area contributed by atoms with E-state index in [1.54, 1.807) is 0 Å². The zero-order valence-electron chi connectivity index (χ0n) is 10.1. The van der Waals surface area contributed by atoms with Gasteiger partial charge in [-0.2, -0.15) is 0 Å². The quantitative estimate of drug-likeness (QED) is 0.910. The Balaban J connectivity index is 2.43. The number of halogens is 3. The summed E-state index contributed by atoms with van der Waals surface area (Å²) in [5.74, 6) is -0.413. The second-order valence-corrected chi connectivity index (χ2v) is 3.98. The van der Waals surface area contributed by atoms with Crippen LogP contribution in [-0.2, 0) is 6.61 Å². The summed E-state index contributed by atoms with van der Waals surface area (Å²) in [7, 11) is 0. The third kappa shape index (κ3) is 3.39. The topological polar surface area (TPSA) is 62.3 Å². The van der Waals surface area contributed by atoms with Gasteiger partial charge in [0.05, 0.1) is 6.61 Å². The van der Waals surface area contributed by atoms with E-state index >= 15 is 0 Å². The lowest BCUT2D eigenvalue weighted by molar-refractivity contribution is -0.274. The van der Waals surface area contributed by atoms with E-state index in [4.69, 9.17) is 5.11 Å². The first kappa shape index (κ1) is 14.1. The summed E-state index contributed by atoms with van der Waals surface area (Å²) in [6.07, 6.45) is -3.46. The van der Waals surface area contributed by atoms with Crippen LogP contribution in [0.25, 0.3) is 11.1 Å². The van der Waals surface area contributed by atoms with E-state index in [-0.39, 0.29) is 17.7 Å². The van der Waals surface area contributed by atoms with Crippen molar-refractivity contribution < 1.29 is 23.0 Å². The predicted octanol–water partition coefficient (Wildman–Crippen LogP) is 2.43. The van der Waals surface area contributed by atoms with Crippen molar-refractivity contribution in [3.8, 4) is 16.9 Å². The maximum Gasteiger partial charge on any atom is 0.573 e. The van der Waals surface area contributed by atoms with Crippen molar-refractivity contribution in [2.45, 2.75) is 13.0 Å². The van der Waals surface area contributed by atoms with E-state index in [9.17, 15) is 18.0 Å². The molecule has 1 heterocycles. The summed E-state index contributed by atoms with van der Waals surface area (Å²) in [4.78, 5) is 14.1. The molecular weight excluding hydrogens is 275 g/mol. The molecule has 7 heteroatoms. The molecule has 4 nitrogen and oxygen atoms in total. The van der Waals surface area contributed by atoms with Crippen molar-refractivity contribution >= 4 is 0 Å². The molecule has 106 valence electrons. The minimum atomic E-state index is -4.79. The highest BCUT2D eigenvalue weighted by Gasteiger charge is 2.31. The fourth-order valence-corrected chi connectivity index (χ4v) is 1.70. The number of aromatic nitrogens is 1. The van der Waals surface area contributed by atoms with E-state index in [0.29, 0.717) is 5.56 Å². The fourth-order valence-electron chi connectivity index (χ4n) is 1.70. The van der Waals surface area contributed by atoms with Gasteiger partial charge in [-0.15, -0.1) is 13.2 Å². The largest absolute Gasteiger partial charge is 0.573 e. The van der Waals surface area contributed by atoms with Gasteiger partial charge < -0.3 is 14.8 Å². The summed E-state index contributed by atoms with van der Waals surface area (Å²) in [6.45, 7) is -0.289. The van der Waals surface area contributed by atoms with Gasteiger partial charge in [0.1, 0.15) is 5.75 Å². The normalized spacial score (nSPS) is 11.4. The number of aliphatic hydroxyl groups is 1. The summed E-state index contributed by atoms with van der Waals surface area (Å²) < 4.78 is 40.2. The first-order chi connectivity index (χ1) is 9.39. The van der Waals surface area contributed by atoms with Gasteiger partial charge in [-0.25, -0.2) is 0 Å². The Kier molecular flexibility index (Phi) is 3.80. The molecule has 0 amide bonds. The lowest BCUT2D eigenvalue weighted by Crippen LogP contribution is -2.17. The third-order valence-electron chi connectivity index (χ3n) is 2.52. The second-order valence-electron chi connectivity index (χ2n) is 3.98. The monoisotopic (exact) mass is 285 g/mol. The highest BCUT2D eigenvalue weighted by molar-refractivity contribution is 5.64. The molecule has 0 unspecified atom stereocenters. The molecule has 0 atom stereocenters. The summed E-state index contributed by atoms with van der Waals surface area (Å²) in [5.41, 5.74) is 0.403. The number of pyridine rings is 1. The van der Waals surface area contributed by atoms with Crippen LogP contribution in [0.15, 0.2) is 41.3 Å². The van der Waals surface area contributed by atoms with Gasteiger partial charge in [-0.1, -0.05) is 12.1 Å². The number of ether oxygens (including phenoxy) is 1. The van der Waals surface area contributed by atoms with Gasteiger partial charge in [-0.3, -0.25) is 4.79 Å². The Hall–Kier alpha value is -2.28. The molecule has 2 N–H and O–H groups in total. The standard InChI is InChI=1S/C13H10F3NO3/c14-13(15,16)20-10-3-1-2-9(5-10)11-4-8(7-18)6-17-12(11)19/h1-6,18H,7H2,(H,17,19). The number of H-pyrrole nitrogens is 1. The maximum absolute atomic E-state index is 12.2. The zero-order valence-corrected chi connectivity index (χ0v) is 10.1. The number of nitrogens with one attached hydrogen (secondary N) is 1. The zero-order chi connectivity index (χ0) is 14.8. The Morgan fingerprint density at radius 2 is 2.00 bits per heavy atom. The molecule has 0 aliphatic carbocycles. The molecule has 2 aromatic rings. The Labute approximate surface area is 111 Å². The Bertz CT molecular complexity index is 664. The van der Waals surface area contributed by atoms with Crippen molar-refractivity contribution in [2.75, 3.05) is 0 Å². The van der Waals surface area contributed by atoms with Crippen molar-refractivity contribution in [3.63, 3.8) is 0 Å². The molecule has 1 aromatic carbocycles. The number of aromatic amines is 1. The Morgan fingerprint density at radius 3 is 2.65 bits per heavy atom. The molecular formula is C13H10F3NO3. The van der Waals surface area contributed by atoms with Crippen LogP contribution in [0.4, 0.5) is 13.2 Å². The van der Waals surface area contributed by atoms with Crippen LogP contribution < -0.4 is 10.3 Å². The molecule has 0 saturated carbocycles. The van der Waals surface area contributed by atoms with E-state index < -0.39 is 17.7 Å². The highest BCUT2D eigenvalue weighted by atomic mass is 19.4. The summed E-state index contributed by atoms with van der Waals surface area (Å²) in [5, 5.41) is 9.01. The number of alkyl halides is 3. The maximum atomic E-state index is 12.2. The van der Waals surface area contributed by atoms with Crippen LogP contribution in [0.2, 0.25) is 0 Å². The van der Waals surface area contributed by atoms with E-state index in [2.05, 4.69) is 9.72 Å². The number of rotatable bonds is 3. The molecule has 0 spiro atoms. The average Bonchev–Trinajstić information content (AvgIpc) is 2.37. The van der Waals surface area contributed by atoms with Crippen molar-refractivity contribution in [1.82, 2.24) is 4.98 Å². The Morgan fingerprint density at radius 1 is 1.25 bits per heavy atom. The van der Waals surface area contributed by atoms with Crippen LogP contribution in [0, 0.1) is 0 Å². The SMILES string of the molecule is O=c1[nH]cc(CO)cc1-c1cccc(OC(F)(F)F)c1. The molecule has 0 aliphatic heterocycles. The lowest BCUT2D eigenvalue weighted by atomic mass is 10.1. The van der Waals surface area contributed by atoms with Gasteiger partial charge in [0, 0.05) is 11.8 Å². The van der Waals surface area contributed by atoms with Crippen LogP contribution >= 0.6 is 0 Å². The lowest BCUT2D eigenvalue weighted by Gasteiger charge is -2.10. The number of hydrogen-bond acceptors (Lipinski definition) is 3. The highest BCUT2D eigenvalue weighted by Crippen LogP contribution is 2.26. The number of hydrogen-bond donors (Lipinski definition) is 2. The molecule has 2 rings (SSSR count). The average molecular weight is 285 g/mol. The van der Waals surface area contributed by atoms with Crippen molar-refractivity contribution in [1.29, 1.82) is 0 Å². The molecule has 0 saturated heterocycles. The fraction of sp³-hybridized carbons (Fsp3) is 0.154. The number of aliphatic hydroxyl groups excluding tert-OH is 1. The smallest absolute Gasteiger partial charge is 0.406 e. The van der Waals surface area contributed by atoms with Gasteiger partial charge in [-0.05, 0) is 29.3 Å². The molecule has 1 aromatic heterocycles. The number of benzene rings is 1. The first-order valence-corrected chi connectivity index (χ1v) is 5.58. The van der Waals surface area contributed by atoms with Gasteiger partial charge in [0.15, 0.2) is 0 Å². The molecule has 0 bridgehead atoms. The van der Waals surface area contributed by atoms with Crippen LogP contribution in [-0.4, -0.2) is 16.5 Å². The van der Waals surface area contributed by atoms with Crippen LogP contribution in [0.1, 0.15) is 5.56 Å². The summed E-state index contributed by atoms with van der Waals surface area (Å²) >= 11 is 0. The van der Waals surface area contributed by atoms with E-state index in [1.165, 1.54) is 24.4 Å².